The minimum Gasteiger partial charge on any atom is -0.397 e. The highest BCUT2D eigenvalue weighted by Gasteiger charge is 2.25. The van der Waals surface area contributed by atoms with Gasteiger partial charge in [0, 0.05) is 25.9 Å². The summed E-state index contributed by atoms with van der Waals surface area (Å²) in [6, 6.07) is 1.71. The van der Waals surface area contributed by atoms with Gasteiger partial charge < -0.3 is 20.7 Å². The van der Waals surface area contributed by atoms with Gasteiger partial charge in [0.2, 0.25) is 0 Å². The molecule has 0 aliphatic heterocycles. The van der Waals surface area contributed by atoms with Gasteiger partial charge in [0.15, 0.2) is 0 Å². The molecular weight excluding hydrogens is 254 g/mol. The molecule has 1 aromatic heterocycles. The minimum absolute atomic E-state index is 0.0780. The molecule has 0 aromatic carbocycles. The van der Waals surface area contributed by atoms with E-state index >= 15 is 0 Å². The number of nitrogens with one attached hydrogen (secondary N) is 1. The molecule has 2 rings (SSSR count). The number of carbonyl (C=O) groups is 1. The van der Waals surface area contributed by atoms with Crippen molar-refractivity contribution in [3.63, 3.8) is 0 Å². The summed E-state index contributed by atoms with van der Waals surface area (Å²) in [4.78, 5) is 12.2. The maximum Gasteiger partial charge on any atom is 0.267 e. The van der Waals surface area contributed by atoms with E-state index in [1.807, 2.05) is 11.5 Å². The number of aryl methyl sites for hydroxylation is 1. The van der Waals surface area contributed by atoms with Crippen LogP contribution in [-0.4, -0.2) is 28.7 Å². The van der Waals surface area contributed by atoms with Gasteiger partial charge in [-0.1, -0.05) is 12.8 Å². The number of nitrogen functional groups attached to an aromatic ring is 1. The summed E-state index contributed by atoms with van der Waals surface area (Å²) >= 11 is 0. The second-order valence-corrected chi connectivity index (χ2v) is 5.64. The Labute approximate surface area is 120 Å². The van der Waals surface area contributed by atoms with Crippen LogP contribution >= 0.6 is 0 Å². The van der Waals surface area contributed by atoms with Crippen molar-refractivity contribution < 1.29 is 9.90 Å². The van der Waals surface area contributed by atoms with Gasteiger partial charge in [-0.2, -0.15) is 0 Å². The molecule has 1 aromatic rings. The summed E-state index contributed by atoms with van der Waals surface area (Å²) in [6.45, 7) is 3.57. The van der Waals surface area contributed by atoms with Crippen molar-refractivity contribution in [3.8, 4) is 0 Å². The highest BCUT2D eigenvalue weighted by molar-refractivity contribution is 5.93. The van der Waals surface area contributed by atoms with Crippen LogP contribution in [0.25, 0.3) is 0 Å². The molecule has 0 saturated heterocycles. The number of hydrogen-bond donors (Lipinski definition) is 3. The number of rotatable bonds is 5. The van der Waals surface area contributed by atoms with Gasteiger partial charge >= 0.3 is 0 Å². The van der Waals surface area contributed by atoms with E-state index < -0.39 is 0 Å². The minimum atomic E-state index is -0.0780. The summed E-state index contributed by atoms with van der Waals surface area (Å²) in [5.74, 6) is 0.637. The van der Waals surface area contributed by atoms with E-state index in [0.717, 1.165) is 19.4 Å². The van der Waals surface area contributed by atoms with E-state index in [4.69, 9.17) is 5.73 Å². The Morgan fingerprint density at radius 2 is 2.15 bits per heavy atom. The fourth-order valence-corrected chi connectivity index (χ4v) is 3.09. The molecule has 0 radical (unpaired) electrons. The number of carbonyl (C=O) groups excluding carboxylic acids is 1. The largest absolute Gasteiger partial charge is 0.397 e. The zero-order valence-electron chi connectivity index (χ0n) is 12.1. The predicted molar refractivity (Wildman–Crippen MR) is 79.4 cm³/mol. The highest BCUT2D eigenvalue weighted by Crippen LogP contribution is 2.29. The van der Waals surface area contributed by atoms with Crippen LogP contribution in [0, 0.1) is 11.8 Å². The second-order valence-electron chi connectivity index (χ2n) is 5.64. The Hall–Kier alpha value is -1.49. The number of amides is 1. The normalized spacial score (nSPS) is 22.7. The number of nitrogens with zero attached hydrogens (tertiary/aromatic N) is 1. The number of nitrogens with two attached hydrogens (primary N) is 1. The van der Waals surface area contributed by atoms with Gasteiger partial charge in [0.05, 0.1) is 5.69 Å². The lowest BCUT2D eigenvalue weighted by Gasteiger charge is -2.30. The van der Waals surface area contributed by atoms with Crippen molar-refractivity contribution in [2.24, 2.45) is 11.8 Å². The fraction of sp³-hybridized carbons (Fsp3) is 0.667. The highest BCUT2D eigenvalue weighted by atomic mass is 16.3. The molecule has 5 heteroatoms. The van der Waals surface area contributed by atoms with E-state index in [1.165, 1.54) is 12.8 Å². The molecule has 1 aliphatic rings. The van der Waals surface area contributed by atoms with E-state index in [1.54, 1.807) is 12.3 Å². The molecular formula is C15H25N3O2. The van der Waals surface area contributed by atoms with Crippen LogP contribution in [0.15, 0.2) is 12.3 Å². The molecule has 1 fully saturated rings. The lowest BCUT2D eigenvalue weighted by Crippen LogP contribution is -2.36. The van der Waals surface area contributed by atoms with Crippen LogP contribution < -0.4 is 11.1 Å². The van der Waals surface area contributed by atoms with E-state index in [9.17, 15) is 9.90 Å². The molecule has 1 aliphatic carbocycles. The first-order valence-electron chi connectivity index (χ1n) is 7.50. The molecule has 1 heterocycles. The number of hydrogen-bond acceptors (Lipinski definition) is 3. The molecule has 0 bridgehead atoms. The first kappa shape index (κ1) is 14.9. The van der Waals surface area contributed by atoms with Crippen LogP contribution in [0.2, 0.25) is 0 Å². The third-order valence-electron chi connectivity index (χ3n) is 4.32. The third-order valence-corrected chi connectivity index (χ3v) is 4.32. The quantitative estimate of drug-likeness (QED) is 0.766. The van der Waals surface area contributed by atoms with Gasteiger partial charge in [0.1, 0.15) is 5.69 Å². The van der Waals surface area contributed by atoms with Crippen molar-refractivity contribution in [3.05, 3.63) is 18.0 Å². The van der Waals surface area contributed by atoms with Crippen LogP contribution in [-0.2, 0) is 6.54 Å². The molecule has 5 nitrogen and oxygen atoms in total. The van der Waals surface area contributed by atoms with E-state index in [0.29, 0.717) is 29.8 Å². The van der Waals surface area contributed by atoms with Crippen LogP contribution in [0.4, 0.5) is 5.69 Å². The van der Waals surface area contributed by atoms with Crippen LogP contribution in [0.5, 0.6) is 0 Å². The van der Waals surface area contributed by atoms with Crippen LogP contribution in [0.3, 0.4) is 0 Å². The molecule has 20 heavy (non-hydrogen) atoms. The van der Waals surface area contributed by atoms with Gasteiger partial charge in [-0.3, -0.25) is 4.79 Å². The maximum atomic E-state index is 12.2. The number of anilines is 1. The van der Waals surface area contributed by atoms with Gasteiger partial charge in [-0.25, -0.2) is 0 Å². The molecule has 2 unspecified atom stereocenters. The zero-order valence-corrected chi connectivity index (χ0v) is 12.1. The van der Waals surface area contributed by atoms with Gasteiger partial charge in [0.25, 0.3) is 5.91 Å². The number of aromatic nitrogens is 1. The second kappa shape index (κ2) is 6.79. The Kier molecular flexibility index (Phi) is 5.06. The third kappa shape index (κ3) is 3.33. The average Bonchev–Trinajstić information content (AvgIpc) is 2.86. The molecule has 1 amide bonds. The molecule has 1 saturated carbocycles. The lowest BCUT2D eigenvalue weighted by molar-refractivity contribution is 0.0900. The fourth-order valence-electron chi connectivity index (χ4n) is 3.09. The van der Waals surface area contributed by atoms with Crippen molar-refractivity contribution in [1.82, 2.24) is 9.88 Å². The predicted octanol–water partition coefficient (Wildman–Crippen LogP) is 1.62. The van der Waals surface area contributed by atoms with Gasteiger partial charge in [-0.05, 0) is 37.7 Å². The SMILES string of the molecule is CCn1cc(N)cc1C(=O)NCC1CCCCC1CO. The van der Waals surface area contributed by atoms with E-state index in [2.05, 4.69) is 5.32 Å². The summed E-state index contributed by atoms with van der Waals surface area (Å²) < 4.78 is 1.86. The maximum absolute atomic E-state index is 12.2. The number of aliphatic hydroxyl groups excluding tert-OH is 1. The summed E-state index contributed by atoms with van der Waals surface area (Å²) in [5.41, 5.74) is 6.97. The summed E-state index contributed by atoms with van der Waals surface area (Å²) in [7, 11) is 0. The lowest BCUT2D eigenvalue weighted by atomic mass is 9.79. The van der Waals surface area contributed by atoms with Crippen molar-refractivity contribution >= 4 is 11.6 Å². The Bertz CT molecular complexity index is 456. The van der Waals surface area contributed by atoms with Crippen molar-refractivity contribution in [2.45, 2.75) is 39.2 Å². The standard InChI is InChI=1S/C15H25N3O2/c1-2-18-9-13(16)7-14(18)15(20)17-8-11-5-3-4-6-12(11)10-19/h7,9,11-12,19H,2-6,8,10,16H2,1H3,(H,17,20). The number of aliphatic hydroxyl groups is 1. The molecule has 4 N–H and O–H groups in total. The Morgan fingerprint density at radius 3 is 2.80 bits per heavy atom. The van der Waals surface area contributed by atoms with Gasteiger partial charge in [-0.15, -0.1) is 0 Å². The molecule has 2 atom stereocenters. The topological polar surface area (TPSA) is 80.3 Å². The monoisotopic (exact) mass is 279 g/mol. The first-order chi connectivity index (χ1) is 9.65. The van der Waals surface area contributed by atoms with Crippen molar-refractivity contribution in [1.29, 1.82) is 0 Å². The zero-order chi connectivity index (χ0) is 14.5. The van der Waals surface area contributed by atoms with E-state index in [-0.39, 0.29) is 12.5 Å². The summed E-state index contributed by atoms with van der Waals surface area (Å²) in [5, 5.41) is 12.4. The van der Waals surface area contributed by atoms with Crippen molar-refractivity contribution in [2.75, 3.05) is 18.9 Å². The first-order valence-corrected chi connectivity index (χ1v) is 7.50. The van der Waals surface area contributed by atoms with Crippen LogP contribution in [0.1, 0.15) is 43.1 Å². The molecule has 0 spiro atoms. The summed E-state index contributed by atoms with van der Waals surface area (Å²) in [6.07, 6.45) is 6.31. The Balaban J connectivity index is 1.94. The Morgan fingerprint density at radius 1 is 1.45 bits per heavy atom. The smallest absolute Gasteiger partial charge is 0.267 e. The molecule has 112 valence electrons. The average molecular weight is 279 g/mol.